The van der Waals surface area contributed by atoms with Gasteiger partial charge in [0.25, 0.3) is 0 Å². The second-order valence-corrected chi connectivity index (χ2v) is 8.77. The van der Waals surface area contributed by atoms with Crippen LogP contribution in [0.5, 0.6) is 0 Å². The van der Waals surface area contributed by atoms with E-state index in [0.717, 1.165) is 29.1 Å². The fourth-order valence-corrected chi connectivity index (χ4v) is 4.46. The molecule has 5 rings (SSSR count). The number of hydrazine groups is 1. The third-order valence-electron chi connectivity index (χ3n) is 6.48. The van der Waals surface area contributed by atoms with Crippen LogP contribution in [0.15, 0.2) is 79.4 Å². The SMILES string of the molecule is C[C@@H](N1Cc2cc(NCc3ccccc3)ccc2N1)[C@](O)(Cn1cncn1)c1ccc(F)cc1F. The number of nitrogens with one attached hydrogen (secondary N) is 2. The average Bonchev–Trinajstić information content (AvgIpc) is 3.52. The number of nitrogens with zero attached hydrogens (tertiary/aromatic N) is 4. The molecule has 0 fully saturated rings. The van der Waals surface area contributed by atoms with Crippen LogP contribution in [0, 0.1) is 11.6 Å². The maximum absolute atomic E-state index is 14.9. The molecule has 4 aromatic rings. The van der Waals surface area contributed by atoms with Gasteiger partial charge in [0.15, 0.2) is 0 Å². The molecule has 0 aliphatic carbocycles. The molecule has 0 spiro atoms. The van der Waals surface area contributed by atoms with Gasteiger partial charge < -0.3 is 15.8 Å². The van der Waals surface area contributed by atoms with Gasteiger partial charge >= 0.3 is 0 Å². The molecule has 3 N–H and O–H groups in total. The van der Waals surface area contributed by atoms with E-state index in [2.05, 4.69) is 39.0 Å². The molecule has 35 heavy (non-hydrogen) atoms. The van der Waals surface area contributed by atoms with Crippen LogP contribution in [-0.4, -0.2) is 30.9 Å². The predicted molar refractivity (Wildman–Crippen MR) is 129 cm³/mol. The minimum Gasteiger partial charge on any atom is -0.381 e. The summed E-state index contributed by atoms with van der Waals surface area (Å²) in [6.45, 7) is 2.93. The minimum atomic E-state index is -1.73. The highest BCUT2D eigenvalue weighted by Crippen LogP contribution is 2.37. The number of benzene rings is 3. The van der Waals surface area contributed by atoms with E-state index < -0.39 is 23.3 Å². The normalized spacial score (nSPS) is 15.8. The lowest BCUT2D eigenvalue weighted by molar-refractivity contribution is -0.0573. The molecule has 9 heteroatoms. The summed E-state index contributed by atoms with van der Waals surface area (Å²) in [5, 5.41) is 21.2. The summed E-state index contributed by atoms with van der Waals surface area (Å²) in [7, 11) is 0. The van der Waals surface area contributed by atoms with Crippen LogP contribution < -0.4 is 10.7 Å². The number of hydrogen-bond acceptors (Lipinski definition) is 6. The summed E-state index contributed by atoms with van der Waals surface area (Å²) in [6, 6.07) is 18.8. The molecule has 1 aromatic heterocycles. The van der Waals surface area contributed by atoms with E-state index in [-0.39, 0.29) is 12.1 Å². The molecule has 0 radical (unpaired) electrons. The summed E-state index contributed by atoms with van der Waals surface area (Å²) >= 11 is 0. The topological polar surface area (TPSA) is 78.2 Å². The van der Waals surface area contributed by atoms with Gasteiger partial charge in [-0.2, -0.15) is 5.10 Å². The third-order valence-corrected chi connectivity index (χ3v) is 6.48. The lowest BCUT2D eigenvalue weighted by Crippen LogP contribution is -2.52. The quantitative estimate of drug-likeness (QED) is 0.352. The zero-order chi connectivity index (χ0) is 24.4. The Labute approximate surface area is 202 Å². The summed E-state index contributed by atoms with van der Waals surface area (Å²) in [5.74, 6) is -1.52. The fraction of sp³-hybridized carbons (Fsp3) is 0.231. The molecule has 1 aliphatic rings. The molecular formula is C26H26F2N6O. The Morgan fingerprint density at radius 1 is 1.11 bits per heavy atom. The van der Waals surface area contributed by atoms with E-state index in [9.17, 15) is 13.9 Å². The van der Waals surface area contributed by atoms with E-state index in [0.29, 0.717) is 13.1 Å². The smallest absolute Gasteiger partial charge is 0.137 e. The maximum Gasteiger partial charge on any atom is 0.137 e. The number of rotatable bonds is 8. The summed E-state index contributed by atoms with van der Waals surface area (Å²) in [4.78, 5) is 3.93. The second-order valence-electron chi connectivity index (χ2n) is 8.77. The first-order chi connectivity index (χ1) is 16.9. The number of anilines is 2. The van der Waals surface area contributed by atoms with Gasteiger partial charge in [0.1, 0.15) is 29.9 Å². The minimum absolute atomic E-state index is 0.00938. The van der Waals surface area contributed by atoms with Crippen LogP contribution in [0.3, 0.4) is 0 Å². The molecule has 0 saturated heterocycles. The van der Waals surface area contributed by atoms with Crippen molar-refractivity contribution in [3.05, 3.63) is 108 Å². The van der Waals surface area contributed by atoms with E-state index in [4.69, 9.17) is 0 Å². The Balaban J connectivity index is 1.37. The molecular weight excluding hydrogens is 450 g/mol. The Kier molecular flexibility index (Phi) is 6.19. The van der Waals surface area contributed by atoms with Crippen molar-refractivity contribution in [3.8, 4) is 0 Å². The summed E-state index contributed by atoms with van der Waals surface area (Å²) < 4.78 is 29.9. The van der Waals surface area contributed by atoms with Gasteiger partial charge in [-0.25, -0.2) is 23.5 Å². The van der Waals surface area contributed by atoms with Crippen molar-refractivity contribution in [2.75, 3.05) is 10.7 Å². The zero-order valence-electron chi connectivity index (χ0n) is 19.2. The Hall–Kier alpha value is -3.82. The monoisotopic (exact) mass is 476 g/mol. The first kappa shape index (κ1) is 22.9. The van der Waals surface area contributed by atoms with Crippen LogP contribution in [0.4, 0.5) is 20.2 Å². The van der Waals surface area contributed by atoms with Gasteiger partial charge in [0.2, 0.25) is 0 Å². The number of aromatic nitrogens is 3. The zero-order valence-corrected chi connectivity index (χ0v) is 19.2. The predicted octanol–water partition coefficient (Wildman–Crippen LogP) is 4.29. The summed E-state index contributed by atoms with van der Waals surface area (Å²) in [6.07, 6.45) is 2.80. The van der Waals surface area contributed by atoms with E-state index in [1.807, 2.05) is 35.3 Å². The molecule has 1 aliphatic heterocycles. The molecule has 2 atom stereocenters. The lowest BCUT2D eigenvalue weighted by atomic mass is 9.86. The molecule has 0 amide bonds. The number of fused-ring (bicyclic) bond motifs is 1. The Morgan fingerprint density at radius 2 is 1.94 bits per heavy atom. The molecule has 0 bridgehead atoms. The first-order valence-electron chi connectivity index (χ1n) is 11.4. The van der Waals surface area contributed by atoms with Crippen molar-refractivity contribution < 1.29 is 13.9 Å². The van der Waals surface area contributed by atoms with Gasteiger partial charge in [-0.1, -0.05) is 36.4 Å². The van der Waals surface area contributed by atoms with Crippen molar-refractivity contribution in [2.24, 2.45) is 0 Å². The summed E-state index contributed by atoms with van der Waals surface area (Å²) in [5.41, 5.74) is 5.69. The van der Waals surface area contributed by atoms with Crippen molar-refractivity contribution in [1.82, 2.24) is 19.8 Å². The highest BCUT2D eigenvalue weighted by Gasteiger charge is 2.43. The largest absolute Gasteiger partial charge is 0.381 e. The standard InChI is InChI=1S/C26H26F2N6O/c1-18(26(35,15-33-17-29-16-31-33)23-9-7-21(27)12-24(23)28)34-14-20-11-22(8-10-25(20)32-34)30-13-19-5-3-2-4-6-19/h2-12,16-18,30,32,35H,13-15H2,1H3/t18-,26-/m1/s1. The molecule has 7 nitrogen and oxygen atoms in total. The average molecular weight is 477 g/mol. The number of halogens is 2. The van der Waals surface area contributed by atoms with Gasteiger partial charge in [0, 0.05) is 30.4 Å². The Morgan fingerprint density at radius 3 is 2.69 bits per heavy atom. The highest BCUT2D eigenvalue weighted by molar-refractivity contribution is 5.61. The van der Waals surface area contributed by atoms with Gasteiger partial charge in [-0.15, -0.1) is 0 Å². The highest BCUT2D eigenvalue weighted by atomic mass is 19.1. The van der Waals surface area contributed by atoms with Crippen molar-refractivity contribution in [3.63, 3.8) is 0 Å². The van der Waals surface area contributed by atoms with Crippen LogP contribution in [0.2, 0.25) is 0 Å². The van der Waals surface area contributed by atoms with Crippen LogP contribution >= 0.6 is 0 Å². The molecule has 0 unspecified atom stereocenters. The van der Waals surface area contributed by atoms with Crippen molar-refractivity contribution in [2.45, 2.75) is 38.2 Å². The Bertz CT molecular complexity index is 1300. The molecule has 2 heterocycles. The molecule has 0 saturated carbocycles. The van der Waals surface area contributed by atoms with Crippen LogP contribution in [-0.2, 0) is 25.2 Å². The van der Waals surface area contributed by atoms with Crippen LogP contribution in [0.1, 0.15) is 23.6 Å². The van der Waals surface area contributed by atoms with Crippen molar-refractivity contribution >= 4 is 11.4 Å². The van der Waals surface area contributed by atoms with Gasteiger partial charge in [0.05, 0.1) is 18.3 Å². The van der Waals surface area contributed by atoms with Gasteiger partial charge in [-0.05, 0) is 42.3 Å². The van der Waals surface area contributed by atoms with Crippen LogP contribution in [0.25, 0.3) is 0 Å². The molecule has 180 valence electrons. The van der Waals surface area contributed by atoms with Gasteiger partial charge in [-0.3, -0.25) is 0 Å². The van der Waals surface area contributed by atoms with Crippen molar-refractivity contribution in [1.29, 1.82) is 0 Å². The second kappa shape index (κ2) is 9.44. The third kappa shape index (κ3) is 4.73. The molecule has 3 aromatic carbocycles. The van der Waals surface area contributed by atoms with E-state index in [1.165, 1.54) is 29.0 Å². The van der Waals surface area contributed by atoms with E-state index >= 15 is 0 Å². The number of hydrogen-bond donors (Lipinski definition) is 3. The van der Waals surface area contributed by atoms with E-state index in [1.54, 1.807) is 6.92 Å². The maximum atomic E-state index is 14.9. The number of aliphatic hydroxyl groups is 1. The fourth-order valence-electron chi connectivity index (χ4n) is 4.46. The lowest BCUT2D eigenvalue weighted by Gasteiger charge is -2.39. The first-order valence-corrected chi connectivity index (χ1v) is 11.4.